The monoisotopic (exact) mass is 368 g/mol. The molecule has 1 fully saturated rings. The molecule has 0 atom stereocenters. The molecule has 1 aromatic rings. The van der Waals surface area contributed by atoms with E-state index in [-0.39, 0.29) is 5.88 Å². The minimum atomic E-state index is -3.69. The Morgan fingerprint density at radius 3 is 2.48 bits per heavy atom. The third kappa shape index (κ3) is 3.72. The van der Waals surface area contributed by atoms with Gasteiger partial charge in [-0.1, -0.05) is 11.1 Å². The lowest BCUT2D eigenvalue weighted by Gasteiger charge is -2.30. The van der Waals surface area contributed by atoms with Gasteiger partial charge in [0.15, 0.2) is 9.84 Å². The van der Waals surface area contributed by atoms with E-state index >= 15 is 0 Å². The number of hydrogen-bond acceptors (Lipinski definition) is 6. The molecule has 0 unspecified atom stereocenters. The van der Waals surface area contributed by atoms with Crippen molar-refractivity contribution in [1.29, 1.82) is 0 Å². The predicted molar refractivity (Wildman–Crippen MR) is 93.8 cm³/mol. The number of ether oxygens (including phenoxy) is 1. The zero-order valence-corrected chi connectivity index (χ0v) is 15.8. The third-order valence-corrected chi connectivity index (χ3v) is 7.57. The highest BCUT2D eigenvalue weighted by molar-refractivity contribution is 7.94. The van der Waals surface area contributed by atoms with Crippen molar-refractivity contribution in [3.63, 3.8) is 0 Å². The molecule has 1 aliphatic heterocycles. The molecular formula is C17H24N2O5S. The third-order valence-electron chi connectivity index (χ3n) is 4.61. The van der Waals surface area contributed by atoms with Gasteiger partial charge in [0.05, 0.1) is 10.7 Å². The number of nitrogens with zero attached hydrogens (tertiary/aromatic N) is 1. The van der Waals surface area contributed by atoms with Crippen LogP contribution >= 0.6 is 0 Å². The quantitative estimate of drug-likeness (QED) is 0.797. The van der Waals surface area contributed by atoms with Gasteiger partial charge < -0.3 is 9.26 Å². The summed E-state index contributed by atoms with van der Waals surface area (Å²) in [5, 5.41) is 5.75. The van der Waals surface area contributed by atoms with Crippen molar-refractivity contribution in [2.45, 2.75) is 55.9 Å². The molecule has 7 nitrogen and oxygen atoms in total. The Bertz CT molecular complexity index is 780. The van der Waals surface area contributed by atoms with Crippen molar-refractivity contribution >= 4 is 21.6 Å². The van der Waals surface area contributed by atoms with E-state index in [1.165, 1.54) is 19.9 Å². The van der Waals surface area contributed by atoms with Crippen LogP contribution in [0.1, 0.15) is 46.2 Å². The highest BCUT2D eigenvalue weighted by Gasteiger charge is 2.47. The first-order chi connectivity index (χ1) is 11.5. The molecule has 1 aromatic heterocycles. The van der Waals surface area contributed by atoms with Gasteiger partial charge in [0, 0.05) is 19.3 Å². The van der Waals surface area contributed by atoms with Crippen LogP contribution in [0, 0.1) is 12.3 Å². The molecule has 25 heavy (non-hydrogen) atoms. The van der Waals surface area contributed by atoms with E-state index < -0.39 is 31.2 Å². The van der Waals surface area contributed by atoms with E-state index in [0.717, 1.165) is 0 Å². The van der Waals surface area contributed by atoms with Crippen LogP contribution in [0.2, 0.25) is 0 Å². The first kappa shape index (κ1) is 19.5. The van der Waals surface area contributed by atoms with Gasteiger partial charge in [0.25, 0.3) is 0 Å². The number of sulfone groups is 1. The summed E-state index contributed by atoms with van der Waals surface area (Å²) in [6.07, 6.45) is 6.23. The summed E-state index contributed by atoms with van der Waals surface area (Å²) in [7, 11) is -3.69. The van der Waals surface area contributed by atoms with Crippen LogP contribution in [0.15, 0.2) is 10.6 Å². The van der Waals surface area contributed by atoms with Gasteiger partial charge in [0.1, 0.15) is 10.4 Å². The number of rotatable bonds is 5. The molecule has 1 aliphatic rings. The van der Waals surface area contributed by atoms with Gasteiger partial charge in [-0.3, -0.25) is 10.1 Å². The van der Waals surface area contributed by atoms with E-state index in [0.29, 0.717) is 31.7 Å². The van der Waals surface area contributed by atoms with E-state index in [2.05, 4.69) is 16.4 Å². The van der Waals surface area contributed by atoms with Crippen LogP contribution in [-0.2, 0) is 24.8 Å². The fourth-order valence-corrected chi connectivity index (χ4v) is 4.45. The molecule has 0 aromatic carbocycles. The molecule has 2 heterocycles. The highest BCUT2D eigenvalue weighted by Crippen LogP contribution is 2.29. The average Bonchev–Trinajstić information content (AvgIpc) is 3.04. The number of terminal acetylenes is 1. The molecule has 0 radical (unpaired) electrons. The normalized spacial score (nSPS) is 17.1. The SMILES string of the molecule is C#CC(C)(C)c1cc(NC(=O)C(C)(C)S(=O)(=O)C2CCOCC2)on1. The zero-order valence-electron chi connectivity index (χ0n) is 15.0. The Balaban J connectivity index is 2.18. The molecular weight excluding hydrogens is 344 g/mol. The van der Waals surface area contributed by atoms with Gasteiger partial charge in [-0.05, 0) is 40.5 Å². The second-order valence-corrected chi connectivity index (χ2v) is 9.94. The Kier molecular flexibility index (Phi) is 5.30. The van der Waals surface area contributed by atoms with Crippen molar-refractivity contribution < 1.29 is 22.5 Å². The molecule has 138 valence electrons. The molecule has 1 N–H and O–H groups in total. The van der Waals surface area contributed by atoms with Crippen molar-refractivity contribution in [3.8, 4) is 12.3 Å². The van der Waals surface area contributed by atoms with Crippen molar-refractivity contribution in [1.82, 2.24) is 5.16 Å². The molecule has 2 rings (SSSR count). The predicted octanol–water partition coefficient (Wildman–Crippen LogP) is 1.90. The standard InChI is InChI=1S/C17H24N2O5S/c1-6-16(2,3)13-11-14(24-19-13)18-15(20)17(4,5)25(21,22)12-7-9-23-10-8-12/h1,11-12H,7-10H2,2-5H3,(H,18,20). The molecule has 0 saturated carbocycles. The lowest BCUT2D eigenvalue weighted by molar-refractivity contribution is -0.118. The van der Waals surface area contributed by atoms with Crippen LogP contribution in [0.25, 0.3) is 0 Å². The van der Waals surface area contributed by atoms with E-state index in [1.54, 1.807) is 13.8 Å². The first-order valence-electron chi connectivity index (χ1n) is 8.10. The van der Waals surface area contributed by atoms with Crippen LogP contribution in [0.4, 0.5) is 5.88 Å². The number of aromatic nitrogens is 1. The first-order valence-corrected chi connectivity index (χ1v) is 9.64. The van der Waals surface area contributed by atoms with Gasteiger partial charge in [-0.2, -0.15) is 0 Å². The largest absolute Gasteiger partial charge is 0.381 e. The number of carbonyl (C=O) groups is 1. The van der Waals surface area contributed by atoms with Gasteiger partial charge in [-0.25, -0.2) is 8.42 Å². The molecule has 0 aliphatic carbocycles. The second-order valence-electron chi connectivity index (χ2n) is 7.17. The van der Waals surface area contributed by atoms with Gasteiger partial charge in [0.2, 0.25) is 11.8 Å². The summed E-state index contributed by atoms with van der Waals surface area (Å²) in [6, 6.07) is 1.51. The maximum Gasteiger partial charge on any atom is 0.247 e. The minimum absolute atomic E-state index is 0.0681. The minimum Gasteiger partial charge on any atom is -0.381 e. The lowest BCUT2D eigenvalue weighted by Crippen LogP contribution is -2.50. The Morgan fingerprint density at radius 1 is 1.32 bits per heavy atom. The summed E-state index contributed by atoms with van der Waals surface area (Å²) in [5.74, 6) is 1.98. The Hall–Kier alpha value is -1.85. The topological polar surface area (TPSA) is 98.5 Å². The smallest absolute Gasteiger partial charge is 0.247 e. The van der Waals surface area contributed by atoms with Crippen LogP contribution in [0.5, 0.6) is 0 Å². The van der Waals surface area contributed by atoms with E-state index in [9.17, 15) is 13.2 Å². The number of anilines is 1. The van der Waals surface area contributed by atoms with Gasteiger partial charge in [-0.15, -0.1) is 6.42 Å². The van der Waals surface area contributed by atoms with Crippen LogP contribution < -0.4 is 5.32 Å². The second kappa shape index (κ2) is 6.81. The Morgan fingerprint density at radius 2 is 1.92 bits per heavy atom. The highest BCUT2D eigenvalue weighted by atomic mass is 32.2. The number of carbonyl (C=O) groups excluding carboxylic acids is 1. The summed E-state index contributed by atoms with van der Waals surface area (Å²) >= 11 is 0. The number of hydrogen-bond donors (Lipinski definition) is 1. The van der Waals surface area contributed by atoms with Crippen molar-refractivity contribution in [2.75, 3.05) is 18.5 Å². The van der Waals surface area contributed by atoms with Crippen LogP contribution in [-0.4, -0.2) is 42.7 Å². The summed E-state index contributed by atoms with van der Waals surface area (Å²) in [4.78, 5) is 12.6. The average molecular weight is 368 g/mol. The summed E-state index contributed by atoms with van der Waals surface area (Å²) in [5.41, 5.74) is -0.175. The maximum atomic E-state index is 12.9. The van der Waals surface area contributed by atoms with E-state index in [4.69, 9.17) is 15.7 Å². The molecule has 0 bridgehead atoms. The van der Waals surface area contributed by atoms with Crippen molar-refractivity contribution in [2.24, 2.45) is 0 Å². The van der Waals surface area contributed by atoms with E-state index in [1.807, 2.05) is 0 Å². The fourth-order valence-electron chi connectivity index (χ4n) is 2.50. The summed E-state index contributed by atoms with van der Waals surface area (Å²) < 4.78 is 34.4. The summed E-state index contributed by atoms with van der Waals surface area (Å²) in [6.45, 7) is 7.14. The Labute approximate surface area is 148 Å². The van der Waals surface area contributed by atoms with Crippen LogP contribution in [0.3, 0.4) is 0 Å². The molecule has 8 heteroatoms. The maximum absolute atomic E-state index is 12.9. The molecule has 0 spiro atoms. The van der Waals surface area contributed by atoms with Crippen molar-refractivity contribution in [3.05, 3.63) is 11.8 Å². The zero-order chi connectivity index (χ0) is 18.9. The van der Waals surface area contributed by atoms with Gasteiger partial charge >= 0.3 is 0 Å². The fraction of sp³-hybridized carbons (Fsp3) is 0.647. The number of amides is 1. The lowest BCUT2D eigenvalue weighted by atomic mass is 9.91. The molecule has 1 saturated heterocycles. The number of nitrogens with one attached hydrogen (secondary N) is 1. The molecule has 1 amide bonds.